The van der Waals surface area contributed by atoms with Crippen molar-refractivity contribution in [1.82, 2.24) is 0 Å². The standard InChI is InChI=1S/C18H22O6/c1-18(2)23-14(11-21-10-12-6-4-3-5-7-12)17(24-18)16(20)13-8-9-15(19)22-13/h3-9,13-14,16-17,20H,10-11H2,1-2H3/t13-,14+,16+,17-/m1/s1. The summed E-state index contributed by atoms with van der Waals surface area (Å²) in [5.41, 5.74) is 1.06. The lowest BCUT2D eigenvalue weighted by Crippen LogP contribution is -2.44. The number of benzene rings is 1. The first-order valence-electron chi connectivity index (χ1n) is 7.99. The van der Waals surface area contributed by atoms with Gasteiger partial charge >= 0.3 is 5.97 Å². The van der Waals surface area contributed by atoms with E-state index in [9.17, 15) is 9.90 Å². The van der Waals surface area contributed by atoms with E-state index in [-0.39, 0.29) is 6.61 Å². The molecule has 4 atom stereocenters. The Kier molecular flexibility index (Phi) is 5.01. The average molecular weight is 334 g/mol. The minimum atomic E-state index is -1.01. The second-order valence-electron chi connectivity index (χ2n) is 6.39. The third-order valence-corrected chi connectivity index (χ3v) is 3.96. The van der Waals surface area contributed by atoms with Crippen LogP contribution in [0, 0.1) is 0 Å². The number of aliphatic hydroxyl groups excluding tert-OH is 1. The third-order valence-electron chi connectivity index (χ3n) is 3.96. The first kappa shape index (κ1) is 17.1. The molecule has 130 valence electrons. The van der Waals surface area contributed by atoms with Gasteiger partial charge in [-0.05, 0) is 25.5 Å². The SMILES string of the molecule is CC1(C)O[C@@H]([C@@H](O)[C@H]2C=CC(=O)O2)[C@H](COCc2ccccc2)O1. The van der Waals surface area contributed by atoms with E-state index in [1.807, 2.05) is 30.3 Å². The van der Waals surface area contributed by atoms with E-state index in [4.69, 9.17) is 18.9 Å². The lowest BCUT2D eigenvalue weighted by molar-refractivity contribution is -0.166. The van der Waals surface area contributed by atoms with Gasteiger partial charge < -0.3 is 24.1 Å². The minimum absolute atomic E-state index is 0.268. The van der Waals surface area contributed by atoms with E-state index in [0.29, 0.717) is 6.61 Å². The minimum Gasteiger partial charge on any atom is -0.452 e. The fourth-order valence-corrected chi connectivity index (χ4v) is 2.91. The Morgan fingerprint density at radius 1 is 1.25 bits per heavy atom. The van der Waals surface area contributed by atoms with Crippen LogP contribution in [0.1, 0.15) is 19.4 Å². The molecule has 0 amide bonds. The van der Waals surface area contributed by atoms with Crippen LogP contribution in [-0.4, -0.2) is 47.9 Å². The largest absolute Gasteiger partial charge is 0.452 e. The quantitative estimate of drug-likeness (QED) is 0.796. The van der Waals surface area contributed by atoms with Crippen LogP contribution in [0.4, 0.5) is 0 Å². The smallest absolute Gasteiger partial charge is 0.331 e. The molecule has 6 heteroatoms. The number of carbonyl (C=O) groups excluding carboxylic acids is 1. The molecule has 0 saturated carbocycles. The molecular formula is C18H22O6. The van der Waals surface area contributed by atoms with Crippen LogP contribution in [0.3, 0.4) is 0 Å². The van der Waals surface area contributed by atoms with Gasteiger partial charge in [0.2, 0.25) is 0 Å². The van der Waals surface area contributed by atoms with Crippen molar-refractivity contribution in [2.75, 3.05) is 6.61 Å². The molecule has 0 bridgehead atoms. The molecule has 1 aromatic rings. The summed E-state index contributed by atoms with van der Waals surface area (Å²) in [6, 6.07) is 9.80. The van der Waals surface area contributed by atoms with Gasteiger partial charge in [0.05, 0.1) is 13.2 Å². The molecule has 0 spiro atoms. The molecule has 0 radical (unpaired) electrons. The first-order chi connectivity index (χ1) is 11.4. The number of aliphatic hydroxyl groups is 1. The predicted octanol–water partition coefficient (Wildman–Crippen LogP) is 1.57. The molecule has 1 saturated heterocycles. The lowest BCUT2D eigenvalue weighted by Gasteiger charge is -2.25. The third kappa shape index (κ3) is 4.02. The second kappa shape index (κ2) is 7.03. The monoisotopic (exact) mass is 334 g/mol. The highest BCUT2D eigenvalue weighted by molar-refractivity contribution is 5.84. The highest BCUT2D eigenvalue weighted by atomic mass is 16.8. The summed E-state index contributed by atoms with van der Waals surface area (Å²) in [5, 5.41) is 10.5. The molecule has 2 aliphatic rings. The Balaban J connectivity index is 1.59. The van der Waals surface area contributed by atoms with Crippen LogP contribution in [0.25, 0.3) is 0 Å². The zero-order valence-corrected chi connectivity index (χ0v) is 13.8. The van der Waals surface area contributed by atoms with Crippen LogP contribution in [-0.2, 0) is 30.3 Å². The molecule has 0 aliphatic carbocycles. The maximum Gasteiger partial charge on any atom is 0.331 e. The van der Waals surface area contributed by atoms with Crippen LogP contribution in [0.2, 0.25) is 0 Å². The van der Waals surface area contributed by atoms with Gasteiger partial charge in [0.1, 0.15) is 24.4 Å². The summed E-state index contributed by atoms with van der Waals surface area (Å²) in [4.78, 5) is 11.2. The van der Waals surface area contributed by atoms with Gasteiger partial charge in [-0.1, -0.05) is 30.3 Å². The number of rotatable bonds is 6. The zero-order chi connectivity index (χ0) is 17.2. The molecule has 2 heterocycles. The van der Waals surface area contributed by atoms with E-state index in [0.717, 1.165) is 5.56 Å². The van der Waals surface area contributed by atoms with E-state index < -0.39 is 36.2 Å². The van der Waals surface area contributed by atoms with Crippen LogP contribution in [0.5, 0.6) is 0 Å². The average Bonchev–Trinajstić information content (AvgIpc) is 3.11. The van der Waals surface area contributed by atoms with Gasteiger partial charge in [-0.25, -0.2) is 4.79 Å². The van der Waals surface area contributed by atoms with Crippen molar-refractivity contribution in [3.05, 3.63) is 48.0 Å². The number of ether oxygens (including phenoxy) is 4. The summed E-state index contributed by atoms with van der Waals surface area (Å²) < 4.78 is 22.4. The Hall–Kier alpha value is -1.73. The van der Waals surface area contributed by atoms with Crippen molar-refractivity contribution in [2.45, 2.75) is 50.7 Å². The first-order valence-corrected chi connectivity index (χ1v) is 7.99. The summed E-state index contributed by atoms with van der Waals surface area (Å²) >= 11 is 0. The lowest BCUT2D eigenvalue weighted by atomic mass is 10.0. The van der Waals surface area contributed by atoms with Gasteiger partial charge in [-0.3, -0.25) is 0 Å². The summed E-state index contributed by atoms with van der Waals surface area (Å²) in [5.74, 6) is -1.30. The summed E-state index contributed by atoms with van der Waals surface area (Å²) in [6.07, 6.45) is -0.00146. The molecule has 24 heavy (non-hydrogen) atoms. The van der Waals surface area contributed by atoms with Gasteiger partial charge in [0, 0.05) is 6.08 Å². The zero-order valence-electron chi connectivity index (χ0n) is 13.8. The van der Waals surface area contributed by atoms with Crippen molar-refractivity contribution in [3.63, 3.8) is 0 Å². The molecular weight excluding hydrogens is 312 g/mol. The number of esters is 1. The van der Waals surface area contributed by atoms with Gasteiger partial charge in [-0.2, -0.15) is 0 Å². The second-order valence-corrected chi connectivity index (χ2v) is 6.39. The van der Waals surface area contributed by atoms with Crippen LogP contribution in [0.15, 0.2) is 42.5 Å². The summed E-state index contributed by atoms with van der Waals surface area (Å²) in [6.45, 7) is 4.27. The number of carbonyl (C=O) groups is 1. The molecule has 3 rings (SSSR count). The highest BCUT2D eigenvalue weighted by Gasteiger charge is 2.47. The maximum absolute atomic E-state index is 11.2. The van der Waals surface area contributed by atoms with Gasteiger partial charge in [0.25, 0.3) is 0 Å². The van der Waals surface area contributed by atoms with Crippen molar-refractivity contribution in [3.8, 4) is 0 Å². The van der Waals surface area contributed by atoms with E-state index in [1.165, 1.54) is 12.2 Å². The Labute approximate surface area is 141 Å². The molecule has 1 fully saturated rings. The van der Waals surface area contributed by atoms with Crippen molar-refractivity contribution in [2.24, 2.45) is 0 Å². The van der Waals surface area contributed by atoms with E-state index in [1.54, 1.807) is 13.8 Å². The van der Waals surface area contributed by atoms with Crippen LogP contribution >= 0.6 is 0 Å². The fraction of sp³-hybridized carbons (Fsp3) is 0.500. The Morgan fingerprint density at radius 2 is 2.00 bits per heavy atom. The number of hydrogen-bond acceptors (Lipinski definition) is 6. The molecule has 0 unspecified atom stereocenters. The fourth-order valence-electron chi connectivity index (χ4n) is 2.91. The predicted molar refractivity (Wildman–Crippen MR) is 84.9 cm³/mol. The molecule has 1 aromatic carbocycles. The number of cyclic esters (lactones) is 1. The Bertz CT molecular complexity index is 597. The topological polar surface area (TPSA) is 74.2 Å². The number of hydrogen-bond donors (Lipinski definition) is 1. The molecule has 1 N–H and O–H groups in total. The van der Waals surface area contributed by atoms with Crippen molar-refractivity contribution < 1.29 is 28.8 Å². The van der Waals surface area contributed by atoms with Gasteiger partial charge in [0.15, 0.2) is 5.79 Å². The molecule has 0 aromatic heterocycles. The van der Waals surface area contributed by atoms with Crippen molar-refractivity contribution in [1.29, 1.82) is 0 Å². The normalized spacial score (nSPS) is 29.6. The van der Waals surface area contributed by atoms with Gasteiger partial charge in [-0.15, -0.1) is 0 Å². The Morgan fingerprint density at radius 3 is 2.67 bits per heavy atom. The maximum atomic E-state index is 11.2. The van der Waals surface area contributed by atoms with Crippen LogP contribution < -0.4 is 0 Å². The summed E-state index contributed by atoms with van der Waals surface area (Å²) in [7, 11) is 0. The molecule has 6 nitrogen and oxygen atoms in total. The highest BCUT2D eigenvalue weighted by Crippen LogP contribution is 2.32. The van der Waals surface area contributed by atoms with E-state index in [2.05, 4.69) is 0 Å². The molecule has 2 aliphatic heterocycles. The van der Waals surface area contributed by atoms with Crippen molar-refractivity contribution >= 4 is 5.97 Å². The van der Waals surface area contributed by atoms with E-state index >= 15 is 0 Å².